The fraction of sp³-hybridized carbons (Fsp3) is 0.500. The van der Waals surface area contributed by atoms with Gasteiger partial charge < -0.3 is 9.47 Å². The van der Waals surface area contributed by atoms with Gasteiger partial charge >= 0.3 is 5.97 Å². The second-order valence-electron chi connectivity index (χ2n) is 2.00. The summed E-state index contributed by atoms with van der Waals surface area (Å²) in [7, 11) is 0. The van der Waals surface area contributed by atoms with Gasteiger partial charge in [-0.25, -0.2) is 0 Å². The molecule has 0 spiro atoms. The van der Waals surface area contributed by atoms with Gasteiger partial charge in [0.05, 0.1) is 12.2 Å². The van der Waals surface area contributed by atoms with E-state index in [1.165, 1.54) is 6.92 Å². The number of hydrogen-bond donors (Lipinski definition) is 0. The molecule has 0 aliphatic carbocycles. The molecule has 0 atom stereocenters. The molecule has 0 saturated carbocycles. The van der Waals surface area contributed by atoms with Gasteiger partial charge in [0.1, 0.15) is 12.3 Å². The summed E-state index contributed by atoms with van der Waals surface area (Å²) in [5.41, 5.74) is 0.298. The van der Waals surface area contributed by atoms with E-state index in [-0.39, 0.29) is 6.61 Å². The molecule has 0 bridgehead atoms. The molecule has 12 heavy (non-hydrogen) atoms. The monoisotopic (exact) mass is 169 g/mol. The van der Waals surface area contributed by atoms with Gasteiger partial charge in [0.15, 0.2) is 0 Å². The van der Waals surface area contributed by atoms with E-state index in [1.54, 1.807) is 0 Å². The number of ether oxygens (including phenoxy) is 2. The molecule has 66 valence electrons. The van der Waals surface area contributed by atoms with Crippen molar-refractivity contribution < 1.29 is 14.3 Å². The van der Waals surface area contributed by atoms with Gasteiger partial charge in [0.25, 0.3) is 0 Å². The highest BCUT2D eigenvalue weighted by molar-refractivity contribution is 5.66. The molecule has 0 fully saturated rings. The van der Waals surface area contributed by atoms with Crippen molar-refractivity contribution in [1.29, 1.82) is 5.26 Å². The third-order valence-electron chi connectivity index (χ3n) is 0.972. The predicted octanol–water partition coefficient (Wildman–Crippen LogP) is 0.993. The summed E-state index contributed by atoms with van der Waals surface area (Å²) >= 11 is 0. The molecule has 0 aromatic heterocycles. The number of carbonyl (C=O) groups excluding carboxylic acids is 1. The van der Waals surface area contributed by atoms with Crippen molar-refractivity contribution in [2.24, 2.45) is 0 Å². The summed E-state index contributed by atoms with van der Waals surface area (Å²) in [6.45, 7) is 3.80. The third kappa shape index (κ3) is 5.45. The molecule has 0 radical (unpaired) electrons. The van der Waals surface area contributed by atoms with Gasteiger partial charge in [-0.1, -0.05) is 0 Å². The number of nitrogens with zero attached hydrogens (tertiary/aromatic N) is 1. The van der Waals surface area contributed by atoms with Crippen LogP contribution >= 0.6 is 0 Å². The lowest BCUT2D eigenvalue weighted by molar-refractivity contribution is -0.135. The van der Waals surface area contributed by atoms with Crippen LogP contribution in [0.5, 0.6) is 0 Å². The van der Waals surface area contributed by atoms with Crippen molar-refractivity contribution in [3.8, 4) is 6.07 Å². The van der Waals surface area contributed by atoms with Crippen LogP contribution in [0.1, 0.15) is 13.8 Å². The molecule has 0 aromatic carbocycles. The maximum absolute atomic E-state index is 10.3. The van der Waals surface area contributed by atoms with E-state index in [1.807, 2.05) is 13.0 Å². The molecule has 0 saturated heterocycles. The Morgan fingerprint density at radius 1 is 1.67 bits per heavy atom. The molecular formula is C8H11NO3. The van der Waals surface area contributed by atoms with E-state index in [9.17, 15) is 4.79 Å². The van der Waals surface area contributed by atoms with E-state index >= 15 is 0 Å². The zero-order chi connectivity index (χ0) is 9.40. The highest BCUT2D eigenvalue weighted by Crippen LogP contribution is 1.94. The number of esters is 1. The zero-order valence-electron chi connectivity index (χ0n) is 7.16. The first kappa shape index (κ1) is 10.7. The Bertz CT molecular complexity index is 215. The van der Waals surface area contributed by atoms with Crippen LogP contribution < -0.4 is 0 Å². The van der Waals surface area contributed by atoms with Crippen molar-refractivity contribution in [3.05, 3.63) is 11.8 Å². The van der Waals surface area contributed by atoms with E-state index in [2.05, 4.69) is 4.74 Å². The van der Waals surface area contributed by atoms with Crippen molar-refractivity contribution in [2.75, 3.05) is 13.2 Å². The summed E-state index contributed by atoms with van der Waals surface area (Å²) < 4.78 is 9.43. The molecule has 0 heterocycles. The Morgan fingerprint density at radius 2 is 2.33 bits per heavy atom. The molecular weight excluding hydrogens is 158 g/mol. The van der Waals surface area contributed by atoms with Crippen molar-refractivity contribution >= 4 is 5.97 Å². The Labute approximate surface area is 71.4 Å². The Kier molecular flexibility index (Phi) is 5.66. The second kappa shape index (κ2) is 6.38. The largest absolute Gasteiger partial charge is 0.434 e. The Hall–Kier alpha value is -1.34. The van der Waals surface area contributed by atoms with E-state index in [0.29, 0.717) is 12.2 Å². The maximum atomic E-state index is 10.3. The van der Waals surface area contributed by atoms with E-state index in [0.717, 1.165) is 6.26 Å². The topological polar surface area (TPSA) is 59.3 Å². The number of hydrogen-bond acceptors (Lipinski definition) is 4. The maximum Gasteiger partial charge on any atom is 0.307 e. The molecule has 0 amide bonds. The minimum absolute atomic E-state index is 0.181. The van der Waals surface area contributed by atoms with Crippen molar-refractivity contribution in [2.45, 2.75) is 13.8 Å². The molecule has 0 N–H and O–H groups in total. The van der Waals surface area contributed by atoms with Gasteiger partial charge in [-0.05, 0) is 6.92 Å². The molecule has 0 unspecified atom stereocenters. The first-order valence-corrected chi connectivity index (χ1v) is 3.54. The average molecular weight is 169 g/mol. The second-order valence-corrected chi connectivity index (χ2v) is 2.00. The number of carbonyl (C=O) groups is 1. The summed E-state index contributed by atoms with van der Waals surface area (Å²) in [6, 6.07) is 1.85. The van der Waals surface area contributed by atoms with Crippen molar-refractivity contribution in [1.82, 2.24) is 0 Å². The number of rotatable bonds is 4. The average Bonchev–Trinajstić information content (AvgIpc) is 2.05. The van der Waals surface area contributed by atoms with E-state index in [4.69, 9.17) is 10.00 Å². The van der Waals surface area contributed by atoms with Crippen LogP contribution in [0.3, 0.4) is 0 Å². The lowest BCUT2D eigenvalue weighted by Crippen LogP contribution is -1.98. The quantitative estimate of drug-likeness (QED) is 0.358. The van der Waals surface area contributed by atoms with Crippen LogP contribution in [0.25, 0.3) is 0 Å². The van der Waals surface area contributed by atoms with E-state index < -0.39 is 5.97 Å². The van der Waals surface area contributed by atoms with Crippen LogP contribution in [0, 0.1) is 11.3 Å². The normalized spacial score (nSPS) is 10.6. The molecule has 4 nitrogen and oxygen atoms in total. The lowest BCUT2D eigenvalue weighted by atomic mass is 10.3. The summed E-state index contributed by atoms with van der Waals surface area (Å²) in [5, 5.41) is 8.48. The van der Waals surface area contributed by atoms with Gasteiger partial charge in [0, 0.05) is 13.5 Å². The Balaban J connectivity index is 3.89. The summed E-state index contributed by atoms with van der Waals surface area (Å²) in [4.78, 5) is 10.3. The highest BCUT2D eigenvalue weighted by Gasteiger charge is 1.96. The molecule has 0 aliphatic heterocycles. The summed E-state index contributed by atoms with van der Waals surface area (Å²) in [6.07, 6.45) is 1.11. The minimum atomic E-state index is -0.445. The fourth-order valence-electron chi connectivity index (χ4n) is 0.459. The van der Waals surface area contributed by atoms with Crippen LogP contribution in [0.4, 0.5) is 0 Å². The molecule has 0 aliphatic rings. The van der Waals surface area contributed by atoms with Crippen LogP contribution in [-0.4, -0.2) is 19.2 Å². The van der Waals surface area contributed by atoms with Crippen LogP contribution in [0.2, 0.25) is 0 Å². The molecule has 4 heteroatoms. The molecule has 0 rings (SSSR count). The van der Waals surface area contributed by atoms with Gasteiger partial charge in [-0.3, -0.25) is 4.79 Å². The molecule has 0 aromatic rings. The first-order valence-electron chi connectivity index (χ1n) is 3.54. The van der Waals surface area contributed by atoms with Gasteiger partial charge in [-0.2, -0.15) is 5.26 Å². The number of nitriles is 1. The van der Waals surface area contributed by atoms with Crippen molar-refractivity contribution in [3.63, 3.8) is 0 Å². The standard InChI is InChI=1S/C8H11NO3/c1-3-11-5-8(4-9)6-12-7(2)10/h6H,3,5H2,1-2H3. The SMILES string of the molecule is CCOCC(C#N)=COC(C)=O. The predicted molar refractivity (Wildman–Crippen MR) is 42.0 cm³/mol. The fourth-order valence-corrected chi connectivity index (χ4v) is 0.459. The van der Waals surface area contributed by atoms with Crippen LogP contribution in [-0.2, 0) is 14.3 Å². The minimum Gasteiger partial charge on any atom is -0.434 e. The summed E-state index contributed by atoms with van der Waals surface area (Å²) in [5.74, 6) is -0.445. The first-order chi connectivity index (χ1) is 5.70. The lowest BCUT2D eigenvalue weighted by Gasteiger charge is -1.98. The van der Waals surface area contributed by atoms with Gasteiger partial charge in [0.2, 0.25) is 0 Å². The highest BCUT2D eigenvalue weighted by atomic mass is 16.5. The van der Waals surface area contributed by atoms with Crippen LogP contribution in [0.15, 0.2) is 11.8 Å². The van der Waals surface area contributed by atoms with Gasteiger partial charge in [-0.15, -0.1) is 0 Å². The smallest absolute Gasteiger partial charge is 0.307 e. The Morgan fingerprint density at radius 3 is 2.75 bits per heavy atom. The third-order valence-corrected chi connectivity index (χ3v) is 0.972. The zero-order valence-corrected chi connectivity index (χ0v) is 7.16.